The van der Waals surface area contributed by atoms with Crippen molar-refractivity contribution < 1.29 is 24.5 Å². The van der Waals surface area contributed by atoms with E-state index in [0.717, 1.165) is 30.6 Å². The monoisotopic (exact) mass is 413 g/mol. The van der Waals surface area contributed by atoms with Gasteiger partial charge in [0, 0.05) is 25.7 Å². The van der Waals surface area contributed by atoms with Crippen LogP contribution in [0.3, 0.4) is 0 Å². The van der Waals surface area contributed by atoms with Crippen LogP contribution in [0.25, 0.3) is 0 Å². The number of carboxylic acids is 1. The molecule has 1 aliphatic rings. The Bertz CT molecular complexity index is 792. The lowest BCUT2D eigenvalue weighted by atomic mass is 10.0. The molecule has 1 unspecified atom stereocenters. The van der Waals surface area contributed by atoms with Crippen LogP contribution in [0, 0.1) is 11.8 Å². The number of ether oxygens (including phenoxy) is 1. The Kier molecular flexibility index (Phi) is 9.96. The van der Waals surface area contributed by atoms with Gasteiger partial charge in [-0.2, -0.15) is 0 Å². The van der Waals surface area contributed by atoms with Crippen LogP contribution in [0.4, 0.5) is 0 Å². The SMILES string of the molecule is COc1cccc(CC(O)C=C[C@H]2CCCCC(=O)N2CC#CCCCC(=O)O)c1. The topological polar surface area (TPSA) is 87.1 Å². The van der Waals surface area contributed by atoms with E-state index in [4.69, 9.17) is 9.84 Å². The lowest BCUT2D eigenvalue weighted by molar-refractivity contribution is -0.137. The highest BCUT2D eigenvalue weighted by molar-refractivity contribution is 5.77. The Morgan fingerprint density at radius 1 is 1.37 bits per heavy atom. The van der Waals surface area contributed by atoms with Crippen molar-refractivity contribution in [2.24, 2.45) is 0 Å². The van der Waals surface area contributed by atoms with Crippen molar-refractivity contribution in [2.45, 2.75) is 63.5 Å². The van der Waals surface area contributed by atoms with Gasteiger partial charge in [-0.1, -0.05) is 36.6 Å². The average Bonchev–Trinajstić information content (AvgIpc) is 2.90. The van der Waals surface area contributed by atoms with Gasteiger partial charge in [-0.3, -0.25) is 9.59 Å². The second-order valence-electron chi connectivity index (χ2n) is 7.44. The second-order valence-corrected chi connectivity index (χ2v) is 7.44. The number of aliphatic hydroxyl groups excluding tert-OH is 1. The van der Waals surface area contributed by atoms with Gasteiger partial charge in [0.25, 0.3) is 0 Å². The quantitative estimate of drug-likeness (QED) is 0.369. The molecule has 2 N–H and O–H groups in total. The van der Waals surface area contributed by atoms with Crippen LogP contribution in [0.2, 0.25) is 0 Å². The zero-order valence-electron chi connectivity index (χ0n) is 17.5. The van der Waals surface area contributed by atoms with Gasteiger partial charge in [0.2, 0.25) is 5.91 Å². The van der Waals surface area contributed by atoms with E-state index in [0.29, 0.717) is 32.2 Å². The number of amides is 1. The molecule has 0 bridgehead atoms. The van der Waals surface area contributed by atoms with E-state index in [1.807, 2.05) is 30.3 Å². The lowest BCUT2D eigenvalue weighted by Crippen LogP contribution is -2.38. The fourth-order valence-corrected chi connectivity index (χ4v) is 3.44. The van der Waals surface area contributed by atoms with Crippen LogP contribution in [0.15, 0.2) is 36.4 Å². The predicted molar refractivity (Wildman–Crippen MR) is 115 cm³/mol. The zero-order valence-corrected chi connectivity index (χ0v) is 17.5. The number of nitrogens with zero attached hydrogens (tertiary/aromatic N) is 1. The number of likely N-dealkylation sites (tertiary alicyclic amines) is 1. The van der Waals surface area contributed by atoms with Crippen LogP contribution in [-0.2, 0) is 16.0 Å². The van der Waals surface area contributed by atoms with Crippen molar-refractivity contribution in [1.82, 2.24) is 4.90 Å². The molecule has 1 fully saturated rings. The number of rotatable bonds is 9. The summed E-state index contributed by atoms with van der Waals surface area (Å²) in [4.78, 5) is 24.8. The summed E-state index contributed by atoms with van der Waals surface area (Å²) in [5, 5.41) is 19.1. The summed E-state index contributed by atoms with van der Waals surface area (Å²) in [6, 6.07) is 7.52. The smallest absolute Gasteiger partial charge is 0.303 e. The summed E-state index contributed by atoms with van der Waals surface area (Å²) in [6.07, 6.45) is 7.78. The number of methoxy groups -OCH3 is 1. The molecule has 1 aromatic carbocycles. The van der Waals surface area contributed by atoms with Crippen molar-refractivity contribution >= 4 is 11.9 Å². The van der Waals surface area contributed by atoms with E-state index in [1.54, 1.807) is 18.1 Å². The predicted octanol–water partition coefficient (Wildman–Crippen LogP) is 3.18. The first-order valence-corrected chi connectivity index (χ1v) is 10.5. The number of benzene rings is 1. The van der Waals surface area contributed by atoms with E-state index >= 15 is 0 Å². The van der Waals surface area contributed by atoms with Crippen molar-refractivity contribution in [2.75, 3.05) is 13.7 Å². The fraction of sp³-hybridized carbons (Fsp3) is 0.500. The Hall–Kier alpha value is -2.78. The van der Waals surface area contributed by atoms with Crippen LogP contribution >= 0.6 is 0 Å². The van der Waals surface area contributed by atoms with Crippen molar-refractivity contribution in [3.8, 4) is 17.6 Å². The molecule has 2 rings (SSSR count). The fourth-order valence-electron chi connectivity index (χ4n) is 3.44. The van der Waals surface area contributed by atoms with Crippen molar-refractivity contribution in [1.29, 1.82) is 0 Å². The highest BCUT2D eigenvalue weighted by Crippen LogP contribution is 2.19. The maximum absolute atomic E-state index is 12.5. The summed E-state index contributed by atoms with van der Waals surface area (Å²) >= 11 is 0. The third kappa shape index (κ3) is 8.30. The molecule has 0 spiro atoms. The van der Waals surface area contributed by atoms with Gasteiger partial charge >= 0.3 is 5.97 Å². The summed E-state index contributed by atoms with van der Waals surface area (Å²) in [5.41, 5.74) is 0.979. The molecular formula is C24H31NO5. The van der Waals surface area contributed by atoms with E-state index in [2.05, 4.69) is 11.8 Å². The maximum atomic E-state index is 12.5. The number of unbranched alkanes of at least 4 members (excludes halogenated alkanes) is 1. The van der Waals surface area contributed by atoms with Crippen LogP contribution in [-0.4, -0.2) is 52.8 Å². The minimum absolute atomic E-state index is 0.0734. The normalized spacial score (nSPS) is 17.9. The Labute approximate surface area is 178 Å². The first kappa shape index (κ1) is 23.5. The standard InChI is InChI=1S/C24H31NO5/c1-30-22-11-8-9-19(18-22)17-21(26)15-14-20-10-5-6-12-23(27)25(20)16-7-3-2-4-13-24(28)29/h8-9,11,14-15,18,20-21,26H,2,4-6,10,12-13,16-17H2,1H3,(H,28,29)/t20-,21?/m1/s1. The molecule has 1 aromatic rings. The average molecular weight is 414 g/mol. The van der Waals surface area contributed by atoms with Gasteiger partial charge in [-0.05, 0) is 37.0 Å². The van der Waals surface area contributed by atoms with Crippen LogP contribution in [0.1, 0.15) is 50.5 Å². The Morgan fingerprint density at radius 2 is 2.20 bits per heavy atom. The van der Waals surface area contributed by atoms with E-state index in [1.165, 1.54) is 0 Å². The minimum Gasteiger partial charge on any atom is -0.497 e. The van der Waals surface area contributed by atoms with Crippen LogP contribution < -0.4 is 4.74 Å². The van der Waals surface area contributed by atoms with Gasteiger partial charge in [0.05, 0.1) is 25.8 Å². The van der Waals surface area contributed by atoms with E-state index in [9.17, 15) is 14.7 Å². The van der Waals surface area contributed by atoms with E-state index < -0.39 is 12.1 Å². The first-order chi connectivity index (χ1) is 14.5. The van der Waals surface area contributed by atoms with Gasteiger partial charge in [0.15, 0.2) is 0 Å². The van der Waals surface area contributed by atoms with Crippen molar-refractivity contribution in [3.05, 3.63) is 42.0 Å². The number of carboxylic acid groups (broad SMARTS) is 1. The molecule has 2 atom stereocenters. The highest BCUT2D eigenvalue weighted by atomic mass is 16.5. The largest absolute Gasteiger partial charge is 0.497 e. The molecule has 1 heterocycles. The molecule has 1 amide bonds. The first-order valence-electron chi connectivity index (χ1n) is 10.5. The van der Waals surface area contributed by atoms with Gasteiger partial charge in [-0.25, -0.2) is 0 Å². The molecule has 0 aromatic heterocycles. The number of aliphatic carboxylic acids is 1. The Morgan fingerprint density at radius 3 is 2.97 bits per heavy atom. The third-order valence-corrected chi connectivity index (χ3v) is 5.06. The number of aliphatic hydroxyl groups is 1. The summed E-state index contributed by atoms with van der Waals surface area (Å²) in [5.74, 6) is 5.98. The zero-order chi connectivity index (χ0) is 21.8. The van der Waals surface area contributed by atoms with E-state index in [-0.39, 0.29) is 18.4 Å². The highest BCUT2D eigenvalue weighted by Gasteiger charge is 2.23. The lowest BCUT2D eigenvalue weighted by Gasteiger charge is -2.26. The molecule has 162 valence electrons. The third-order valence-electron chi connectivity index (χ3n) is 5.06. The van der Waals surface area contributed by atoms with Gasteiger partial charge in [-0.15, -0.1) is 5.92 Å². The molecule has 0 saturated carbocycles. The van der Waals surface area contributed by atoms with Crippen LogP contribution in [0.5, 0.6) is 5.75 Å². The summed E-state index contributed by atoms with van der Waals surface area (Å²) < 4.78 is 5.22. The van der Waals surface area contributed by atoms with Gasteiger partial charge < -0.3 is 19.8 Å². The molecule has 0 aliphatic carbocycles. The van der Waals surface area contributed by atoms with Gasteiger partial charge in [0.1, 0.15) is 5.75 Å². The number of carbonyl (C=O) groups excluding carboxylic acids is 1. The Balaban J connectivity index is 1.96. The molecule has 1 aliphatic heterocycles. The summed E-state index contributed by atoms with van der Waals surface area (Å²) in [7, 11) is 1.61. The molecule has 6 heteroatoms. The maximum Gasteiger partial charge on any atom is 0.303 e. The minimum atomic E-state index is -0.822. The molecular weight excluding hydrogens is 382 g/mol. The second kappa shape index (κ2) is 12.7. The molecule has 0 radical (unpaired) electrons. The molecule has 1 saturated heterocycles. The van der Waals surface area contributed by atoms with Crippen molar-refractivity contribution in [3.63, 3.8) is 0 Å². The molecule has 30 heavy (non-hydrogen) atoms. The number of hydrogen-bond acceptors (Lipinski definition) is 4. The summed E-state index contributed by atoms with van der Waals surface area (Å²) in [6.45, 7) is 0.326. The molecule has 6 nitrogen and oxygen atoms in total. The number of carbonyl (C=O) groups is 2. The number of hydrogen-bond donors (Lipinski definition) is 2.